The summed E-state index contributed by atoms with van der Waals surface area (Å²) in [6.45, 7) is 4.62. The molecule has 1 fully saturated rings. The molecule has 0 aromatic carbocycles. The van der Waals surface area contributed by atoms with Crippen molar-refractivity contribution in [2.45, 2.75) is 32.7 Å². The number of amides is 1. The number of sulfonamides is 1. The first-order valence-corrected chi connectivity index (χ1v) is 9.99. The third kappa shape index (κ3) is 4.80. The number of rotatable bonds is 7. The van der Waals surface area contributed by atoms with E-state index in [1.54, 1.807) is 0 Å². The van der Waals surface area contributed by atoms with E-state index in [-0.39, 0.29) is 23.6 Å². The highest BCUT2D eigenvalue weighted by atomic mass is 32.2. The van der Waals surface area contributed by atoms with E-state index >= 15 is 0 Å². The first kappa shape index (κ1) is 19.9. The summed E-state index contributed by atoms with van der Waals surface area (Å²) in [5, 5.41) is 7.29. The summed E-state index contributed by atoms with van der Waals surface area (Å²) in [6, 6.07) is -0.265. The standard InChI is InChI=1S/C16H28N4O4S/c1-11-14(12(2)20(5)18-11)6-7-16(21)17-15-9-24-8-13(15)10-25(22,23)19(3)4/h13,15H,6-10H2,1-5H3,(H,17,21)/t13-,15+/m0/s1. The number of nitrogens with one attached hydrogen (secondary N) is 1. The highest BCUT2D eigenvalue weighted by Gasteiger charge is 2.34. The van der Waals surface area contributed by atoms with E-state index in [1.807, 2.05) is 25.6 Å². The van der Waals surface area contributed by atoms with Crippen molar-refractivity contribution in [1.82, 2.24) is 19.4 Å². The lowest BCUT2D eigenvalue weighted by Gasteiger charge is -2.21. The second-order valence-corrected chi connectivity index (χ2v) is 9.03. The van der Waals surface area contributed by atoms with Crippen molar-refractivity contribution in [2.75, 3.05) is 33.1 Å². The van der Waals surface area contributed by atoms with Crippen molar-refractivity contribution < 1.29 is 17.9 Å². The van der Waals surface area contributed by atoms with Gasteiger partial charge in [-0.05, 0) is 25.8 Å². The Labute approximate surface area is 149 Å². The minimum Gasteiger partial charge on any atom is -0.379 e. The van der Waals surface area contributed by atoms with Gasteiger partial charge in [-0.3, -0.25) is 9.48 Å². The fraction of sp³-hybridized carbons (Fsp3) is 0.750. The number of carbonyl (C=O) groups is 1. The van der Waals surface area contributed by atoms with Gasteiger partial charge in [0.2, 0.25) is 15.9 Å². The molecule has 2 atom stereocenters. The molecule has 142 valence electrons. The third-order valence-corrected chi connectivity index (χ3v) is 6.75. The average molecular weight is 372 g/mol. The monoisotopic (exact) mass is 372 g/mol. The molecule has 1 aromatic heterocycles. The van der Waals surface area contributed by atoms with Gasteiger partial charge in [0.1, 0.15) is 0 Å². The van der Waals surface area contributed by atoms with E-state index < -0.39 is 10.0 Å². The molecule has 1 aliphatic heterocycles. The van der Waals surface area contributed by atoms with Gasteiger partial charge in [0.25, 0.3) is 0 Å². The maximum absolute atomic E-state index is 12.3. The minimum atomic E-state index is -3.32. The molecule has 9 heteroatoms. The van der Waals surface area contributed by atoms with Crippen molar-refractivity contribution in [1.29, 1.82) is 0 Å². The van der Waals surface area contributed by atoms with Gasteiger partial charge in [-0.1, -0.05) is 0 Å². The van der Waals surface area contributed by atoms with Gasteiger partial charge >= 0.3 is 0 Å². The van der Waals surface area contributed by atoms with Crippen LogP contribution in [0.3, 0.4) is 0 Å². The maximum Gasteiger partial charge on any atom is 0.220 e. The summed E-state index contributed by atoms with van der Waals surface area (Å²) in [6.07, 6.45) is 0.961. The molecule has 0 unspecified atom stereocenters. The normalized spacial score (nSPS) is 21.0. The molecular formula is C16H28N4O4S. The molecule has 1 amide bonds. The first-order chi connectivity index (χ1) is 11.6. The summed E-state index contributed by atoms with van der Waals surface area (Å²) < 4.78 is 32.5. The lowest BCUT2D eigenvalue weighted by atomic mass is 10.0. The molecule has 0 saturated carbocycles. The van der Waals surface area contributed by atoms with Crippen molar-refractivity contribution in [2.24, 2.45) is 13.0 Å². The fourth-order valence-corrected chi connectivity index (χ4v) is 4.21. The van der Waals surface area contributed by atoms with Gasteiger partial charge in [0.15, 0.2) is 0 Å². The Balaban J connectivity index is 1.91. The molecule has 25 heavy (non-hydrogen) atoms. The zero-order chi connectivity index (χ0) is 18.8. The third-order valence-electron chi connectivity index (χ3n) is 4.79. The van der Waals surface area contributed by atoms with Gasteiger partial charge in [-0.25, -0.2) is 12.7 Å². The number of ether oxygens (including phenoxy) is 1. The molecule has 0 aliphatic carbocycles. The smallest absolute Gasteiger partial charge is 0.220 e. The SMILES string of the molecule is Cc1nn(C)c(C)c1CCC(=O)N[C@@H]1COC[C@H]1CS(=O)(=O)N(C)C. The molecule has 1 aromatic rings. The number of hydrogen-bond acceptors (Lipinski definition) is 5. The summed E-state index contributed by atoms with van der Waals surface area (Å²) in [7, 11) is 1.59. The number of aromatic nitrogens is 2. The van der Waals surface area contributed by atoms with Crippen LogP contribution < -0.4 is 5.32 Å². The Morgan fingerprint density at radius 2 is 2.04 bits per heavy atom. The minimum absolute atomic E-state index is 0.0221. The van der Waals surface area contributed by atoms with Gasteiger partial charge in [-0.2, -0.15) is 5.10 Å². The van der Waals surface area contributed by atoms with Crippen molar-refractivity contribution in [3.8, 4) is 0 Å². The van der Waals surface area contributed by atoms with E-state index in [0.717, 1.165) is 17.0 Å². The van der Waals surface area contributed by atoms with Crippen LogP contribution >= 0.6 is 0 Å². The molecule has 2 rings (SSSR count). The molecule has 1 N–H and O–H groups in total. The Morgan fingerprint density at radius 3 is 2.60 bits per heavy atom. The fourth-order valence-electron chi connectivity index (χ4n) is 3.04. The van der Waals surface area contributed by atoms with Crippen LogP contribution in [0.1, 0.15) is 23.4 Å². The molecule has 0 spiro atoms. The van der Waals surface area contributed by atoms with E-state index in [4.69, 9.17) is 4.74 Å². The summed E-state index contributed by atoms with van der Waals surface area (Å²) in [5.74, 6) is -0.338. The summed E-state index contributed by atoms with van der Waals surface area (Å²) in [4.78, 5) is 12.3. The van der Waals surface area contributed by atoms with E-state index in [9.17, 15) is 13.2 Å². The molecule has 0 radical (unpaired) electrons. The predicted octanol–water partition coefficient (Wildman–Crippen LogP) is -0.00786. The molecule has 1 aliphatic rings. The van der Waals surface area contributed by atoms with Gasteiger partial charge in [0, 0.05) is 39.2 Å². The Bertz CT molecular complexity index is 727. The summed E-state index contributed by atoms with van der Waals surface area (Å²) >= 11 is 0. The topological polar surface area (TPSA) is 93.5 Å². The molecule has 1 saturated heterocycles. The van der Waals surface area contributed by atoms with Crippen LogP contribution in [0, 0.1) is 19.8 Å². The largest absolute Gasteiger partial charge is 0.379 e. The van der Waals surface area contributed by atoms with Crippen LogP contribution in [0.4, 0.5) is 0 Å². The Hall–Kier alpha value is -1.45. The molecular weight excluding hydrogens is 344 g/mol. The Kier molecular flexibility index (Phi) is 6.23. The molecule has 8 nitrogen and oxygen atoms in total. The van der Waals surface area contributed by atoms with Crippen LogP contribution in [0.15, 0.2) is 0 Å². The van der Waals surface area contributed by atoms with Crippen molar-refractivity contribution in [3.05, 3.63) is 17.0 Å². The average Bonchev–Trinajstić information content (AvgIpc) is 3.02. The lowest BCUT2D eigenvalue weighted by molar-refractivity contribution is -0.121. The van der Waals surface area contributed by atoms with Crippen LogP contribution in [0.25, 0.3) is 0 Å². The molecule has 2 heterocycles. The number of carbonyl (C=O) groups excluding carboxylic acids is 1. The number of aryl methyl sites for hydroxylation is 2. The van der Waals surface area contributed by atoms with E-state index in [2.05, 4.69) is 10.4 Å². The predicted molar refractivity (Wildman–Crippen MR) is 94.7 cm³/mol. The second-order valence-electron chi connectivity index (χ2n) is 6.81. The van der Waals surface area contributed by atoms with Crippen LogP contribution in [-0.2, 0) is 33.0 Å². The van der Waals surface area contributed by atoms with Gasteiger partial charge in [0.05, 0.1) is 30.7 Å². The number of hydrogen-bond donors (Lipinski definition) is 1. The summed E-state index contributed by atoms with van der Waals surface area (Å²) in [5.41, 5.74) is 3.09. The first-order valence-electron chi connectivity index (χ1n) is 8.38. The zero-order valence-electron chi connectivity index (χ0n) is 15.6. The van der Waals surface area contributed by atoms with Crippen molar-refractivity contribution >= 4 is 15.9 Å². The lowest BCUT2D eigenvalue weighted by Crippen LogP contribution is -2.43. The van der Waals surface area contributed by atoms with E-state index in [1.165, 1.54) is 18.4 Å². The number of nitrogens with zero attached hydrogens (tertiary/aromatic N) is 3. The molecule has 0 bridgehead atoms. The highest BCUT2D eigenvalue weighted by molar-refractivity contribution is 7.89. The van der Waals surface area contributed by atoms with E-state index in [0.29, 0.717) is 26.1 Å². The van der Waals surface area contributed by atoms with Gasteiger partial charge in [-0.15, -0.1) is 0 Å². The second kappa shape index (κ2) is 7.84. The maximum atomic E-state index is 12.3. The quantitative estimate of drug-likeness (QED) is 0.727. The van der Waals surface area contributed by atoms with Gasteiger partial charge < -0.3 is 10.1 Å². The highest BCUT2D eigenvalue weighted by Crippen LogP contribution is 2.18. The van der Waals surface area contributed by atoms with Crippen LogP contribution in [-0.4, -0.2) is 67.5 Å². The van der Waals surface area contributed by atoms with Crippen LogP contribution in [0.2, 0.25) is 0 Å². The zero-order valence-corrected chi connectivity index (χ0v) is 16.4. The Morgan fingerprint density at radius 1 is 1.36 bits per heavy atom. The van der Waals surface area contributed by atoms with Crippen molar-refractivity contribution in [3.63, 3.8) is 0 Å². The van der Waals surface area contributed by atoms with Crippen LogP contribution in [0.5, 0.6) is 0 Å².